The van der Waals surface area contributed by atoms with Gasteiger partial charge in [0.1, 0.15) is 17.3 Å². The second kappa shape index (κ2) is 8.23. The van der Waals surface area contributed by atoms with Crippen molar-refractivity contribution in [2.75, 3.05) is 17.7 Å². The third kappa shape index (κ3) is 5.00. The number of amides is 1. The van der Waals surface area contributed by atoms with Crippen LogP contribution in [0.5, 0.6) is 0 Å². The second-order valence-corrected chi connectivity index (χ2v) is 5.66. The van der Waals surface area contributed by atoms with E-state index < -0.39 is 5.97 Å². The molecule has 0 aliphatic rings. The summed E-state index contributed by atoms with van der Waals surface area (Å²) in [5.41, 5.74) is 1.25. The molecule has 1 aromatic carbocycles. The van der Waals surface area contributed by atoms with Crippen molar-refractivity contribution in [3.05, 3.63) is 47.4 Å². The van der Waals surface area contributed by atoms with Crippen LogP contribution in [-0.2, 0) is 4.74 Å². The van der Waals surface area contributed by atoms with Crippen LogP contribution in [0, 0.1) is 6.92 Å². The average molecular weight is 342 g/mol. The number of hydrogen-bond acceptors (Lipinski definition) is 6. The van der Waals surface area contributed by atoms with Crippen LogP contribution in [0.15, 0.2) is 30.3 Å². The summed E-state index contributed by atoms with van der Waals surface area (Å²) in [6.45, 7) is 5.85. The number of rotatable bonds is 6. The number of esters is 1. The number of anilines is 2. The number of nitrogens with zero attached hydrogens (tertiary/aromatic N) is 2. The molecule has 1 aromatic heterocycles. The standard InChI is InChI=1S/C18H22N4O3/c1-5-11(2)19-16-10-15(20-12(3)21-16)17(23)22-14-8-6-13(7-9-14)18(24)25-4/h6-11H,5H2,1-4H3,(H,22,23)(H,19,20,21). The van der Waals surface area contributed by atoms with Crippen molar-refractivity contribution in [3.8, 4) is 0 Å². The molecular weight excluding hydrogens is 320 g/mol. The molecule has 2 rings (SSSR count). The minimum atomic E-state index is -0.426. The highest BCUT2D eigenvalue weighted by atomic mass is 16.5. The van der Waals surface area contributed by atoms with Crippen LogP contribution < -0.4 is 10.6 Å². The van der Waals surface area contributed by atoms with Crippen molar-refractivity contribution in [3.63, 3.8) is 0 Å². The molecule has 1 amide bonds. The first-order valence-electron chi connectivity index (χ1n) is 8.05. The second-order valence-electron chi connectivity index (χ2n) is 5.66. The summed E-state index contributed by atoms with van der Waals surface area (Å²) in [6, 6.07) is 8.31. The molecule has 1 atom stereocenters. The molecule has 132 valence electrons. The van der Waals surface area contributed by atoms with E-state index in [1.807, 2.05) is 6.92 Å². The van der Waals surface area contributed by atoms with Gasteiger partial charge in [0.05, 0.1) is 12.7 Å². The average Bonchev–Trinajstić information content (AvgIpc) is 2.61. The molecule has 0 saturated carbocycles. The van der Waals surface area contributed by atoms with Gasteiger partial charge in [0.25, 0.3) is 5.91 Å². The van der Waals surface area contributed by atoms with E-state index in [2.05, 4.69) is 32.3 Å². The maximum atomic E-state index is 12.4. The van der Waals surface area contributed by atoms with Gasteiger partial charge in [0.2, 0.25) is 0 Å². The predicted molar refractivity (Wildman–Crippen MR) is 95.9 cm³/mol. The lowest BCUT2D eigenvalue weighted by Gasteiger charge is -2.13. The number of carbonyl (C=O) groups is 2. The normalized spacial score (nSPS) is 11.5. The Bertz CT molecular complexity index is 759. The Morgan fingerprint density at radius 3 is 2.48 bits per heavy atom. The highest BCUT2D eigenvalue weighted by molar-refractivity contribution is 6.03. The smallest absolute Gasteiger partial charge is 0.337 e. The molecule has 7 heteroatoms. The Morgan fingerprint density at radius 1 is 1.20 bits per heavy atom. The van der Waals surface area contributed by atoms with Crippen LogP contribution in [0.1, 0.15) is 46.9 Å². The zero-order valence-corrected chi connectivity index (χ0v) is 14.8. The Morgan fingerprint density at radius 2 is 1.88 bits per heavy atom. The maximum absolute atomic E-state index is 12.4. The van der Waals surface area contributed by atoms with Gasteiger partial charge >= 0.3 is 5.97 Å². The van der Waals surface area contributed by atoms with Gasteiger partial charge in [-0.2, -0.15) is 0 Å². The third-order valence-corrected chi connectivity index (χ3v) is 3.64. The van der Waals surface area contributed by atoms with Gasteiger partial charge in [-0.3, -0.25) is 4.79 Å². The van der Waals surface area contributed by atoms with E-state index in [4.69, 9.17) is 0 Å². The zero-order valence-electron chi connectivity index (χ0n) is 14.8. The summed E-state index contributed by atoms with van der Waals surface area (Å²) < 4.78 is 4.64. The number of aryl methyl sites for hydroxylation is 1. The highest BCUT2D eigenvalue weighted by Crippen LogP contribution is 2.14. The summed E-state index contributed by atoms with van der Waals surface area (Å²) in [4.78, 5) is 32.3. The first kappa shape index (κ1) is 18.4. The maximum Gasteiger partial charge on any atom is 0.337 e. The lowest BCUT2D eigenvalue weighted by molar-refractivity contribution is 0.0600. The molecular formula is C18H22N4O3. The van der Waals surface area contributed by atoms with Gasteiger partial charge in [-0.25, -0.2) is 14.8 Å². The van der Waals surface area contributed by atoms with E-state index in [-0.39, 0.29) is 17.6 Å². The van der Waals surface area contributed by atoms with Gasteiger partial charge in [-0.15, -0.1) is 0 Å². The molecule has 0 bridgehead atoms. The van der Waals surface area contributed by atoms with Crippen LogP contribution in [0.25, 0.3) is 0 Å². The molecule has 0 saturated heterocycles. The van der Waals surface area contributed by atoms with E-state index >= 15 is 0 Å². The number of nitrogens with one attached hydrogen (secondary N) is 2. The molecule has 25 heavy (non-hydrogen) atoms. The van der Waals surface area contributed by atoms with E-state index in [9.17, 15) is 9.59 Å². The number of methoxy groups -OCH3 is 1. The zero-order chi connectivity index (χ0) is 18.4. The fourth-order valence-corrected chi connectivity index (χ4v) is 2.12. The minimum Gasteiger partial charge on any atom is -0.465 e. The van der Waals surface area contributed by atoms with Crippen LogP contribution in [0.2, 0.25) is 0 Å². The number of benzene rings is 1. The lowest BCUT2D eigenvalue weighted by Crippen LogP contribution is -2.18. The van der Waals surface area contributed by atoms with Gasteiger partial charge in [0, 0.05) is 17.8 Å². The molecule has 0 fully saturated rings. The van der Waals surface area contributed by atoms with Gasteiger partial charge in [-0.1, -0.05) is 6.92 Å². The lowest BCUT2D eigenvalue weighted by atomic mass is 10.2. The van der Waals surface area contributed by atoms with Gasteiger partial charge in [-0.05, 0) is 44.5 Å². The van der Waals surface area contributed by atoms with E-state index in [1.54, 1.807) is 37.3 Å². The Kier molecular flexibility index (Phi) is 6.05. The van der Waals surface area contributed by atoms with Crippen LogP contribution in [-0.4, -0.2) is 35.0 Å². The SMILES string of the molecule is CCC(C)Nc1cc(C(=O)Nc2ccc(C(=O)OC)cc2)nc(C)n1. The van der Waals surface area contributed by atoms with Crippen LogP contribution >= 0.6 is 0 Å². The fraction of sp³-hybridized carbons (Fsp3) is 0.333. The van der Waals surface area contributed by atoms with E-state index in [0.29, 0.717) is 22.9 Å². The molecule has 1 unspecified atom stereocenters. The minimum absolute atomic E-state index is 0.246. The van der Waals surface area contributed by atoms with Crippen molar-refractivity contribution in [2.45, 2.75) is 33.2 Å². The van der Waals surface area contributed by atoms with Crippen LogP contribution in [0.3, 0.4) is 0 Å². The summed E-state index contributed by atoms with van der Waals surface area (Å²) in [6.07, 6.45) is 0.942. The molecule has 1 heterocycles. The monoisotopic (exact) mass is 342 g/mol. The fourth-order valence-electron chi connectivity index (χ4n) is 2.12. The Hall–Kier alpha value is -2.96. The first-order chi connectivity index (χ1) is 11.9. The topological polar surface area (TPSA) is 93.2 Å². The van der Waals surface area contributed by atoms with Crippen molar-refractivity contribution < 1.29 is 14.3 Å². The van der Waals surface area contributed by atoms with Crippen LogP contribution in [0.4, 0.5) is 11.5 Å². The molecule has 7 nitrogen and oxygen atoms in total. The van der Waals surface area contributed by atoms with Crippen molar-refractivity contribution in [1.82, 2.24) is 9.97 Å². The molecule has 0 radical (unpaired) electrons. The van der Waals surface area contributed by atoms with Gasteiger partial charge < -0.3 is 15.4 Å². The molecule has 0 spiro atoms. The van der Waals surface area contributed by atoms with Crippen molar-refractivity contribution >= 4 is 23.4 Å². The van der Waals surface area contributed by atoms with Gasteiger partial charge in [0.15, 0.2) is 0 Å². The predicted octanol–water partition coefficient (Wildman–Crippen LogP) is 3.03. The summed E-state index contributed by atoms with van der Waals surface area (Å²) >= 11 is 0. The highest BCUT2D eigenvalue weighted by Gasteiger charge is 2.12. The number of ether oxygens (including phenoxy) is 1. The Labute approximate surface area is 146 Å². The van der Waals surface area contributed by atoms with E-state index in [0.717, 1.165) is 6.42 Å². The third-order valence-electron chi connectivity index (χ3n) is 3.64. The Balaban J connectivity index is 2.13. The summed E-state index contributed by atoms with van der Waals surface area (Å²) in [5.74, 6) is 0.362. The van der Waals surface area contributed by atoms with Crippen molar-refractivity contribution in [2.24, 2.45) is 0 Å². The summed E-state index contributed by atoms with van der Waals surface area (Å²) in [5, 5.41) is 5.99. The largest absolute Gasteiger partial charge is 0.465 e. The first-order valence-corrected chi connectivity index (χ1v) is 8.05. The van der Waals surface area contributed by atoms with E-state index in [1.165, 1.54) is 7.11 Å². The molecule has 2 aromatic rings. The summed E-state index contributed by atoms with van der Waals surface area (Å²) in [7, 11) is 1.32. The molecule has 2 N–H and O–H groups in total. The van der Waals surface area contributed by atoms with Crippen molar-refractivity contribution in [1.29, 1.82) is 0 Å². The number of aromatic nitrogens is 2. The quantitative estimate of drug-likeness (QED) is 0.784. The number of hydrogen-bond donors (Lipinski definition) is 2. The number of carbonyl (C=O) groups excluding carboxylic acids is 2. The molecule has 0 aliphatic heterocycles. The molecule has 0 aliphatic carbocycles.